The summed E-state index contributed by atoms with van der Waals surface area (Å²) in [6.45, 7) is 3.10. The number of ether oxygens (including phenoxy) is 1. The summed E-state index contributed by atoms with van der Waals surface area (Å²) in [7, 11) is 0. The fraction of sp³-hybridized carbons (Fsp3) is 0.400. The molecule has 1 aliphatic carbocycles. The smallest absolute Gasteiger partial charge is 0.227 e. The number of benzene rings is 2. The van der Waals surface area contributed by atoms with Crippen molar-refractivity contribution in [3.05, 3.63) is 65.8 Å². The quantitative estimate of drug-likeness (QED) is 0.519. The molecule has 1 heterocycles. The number of aryl methyl sites for hydroxylation is 1. The zero-order valence-corrected chi connectivity index (χ0v) is 18.3. The molecule has 1 amide bonds. The first-order valence-corrected chi connectivity index (χ1v) is 11.2. The van der Waals surface area contributed by atoms with Gasteiger partial charge in [0.25, 0.3) is 0 Å². The van der Waals surface area contributed by atoms with Crippen LogP contribution >= 0.6 is 0 Å². The molecule has 4 rings (SSSR count). The number of nitrogens with one attached hydrogen (secondary N) is 1. The van der Waals surface area contributed by atoms with E-state index in [4.69, 9.17) is 9.26 Å². The lowest BCUT2D eigenvalue weighted by atomic mass is 9.79. The molecule has 0 radical (unpaired) electrons. The van der Waals surface area contributed by atoms with E-state index in [2.05, 4.69) is 15.5 Å². The van der Waals surface area contributed by atoms with Gasteiger partial charge in [-0.15, -0.1) is 0 Å². The molecule has 32 heavy (non-hydrogen) atoms. The second-order valence-corrected chi connectivity index (χ2v) is 8.24. The van der Waals surface area contributed by atoms with Gasteiger partial charge in [-0.1, -0.05) is 30.1 Å². The van der Waals surface area contributed by atoms with E-state index < -0.39 is 0 Å². The summed E-state index contributed by atoms with van der Waals surface area (Å²) in [5.41, 5.74) is 1.80. The zero-order chi connectivity index (χ0) is 22.4. The van der Waals surface area contributed by atoms with E-state index >= 15 is 0 Å². The third-order valence-electron chi connectivity index (χ3n) is 6.10. The van der Waals surface area contributed by atoms with E-state index in [9.17, 15) is 9.18 Å². The predicted octanol–water partition coefficient (Wildman–Crippen LogP) is 4.84. The number of carbonyl (C=O) groups excluding carboxylic acids is 1. The summed E-state index contributed by atoms with van der Waals surface area (Å²) < 4.78 is 24.1. The van der Waals surface area contributed by atoms with Crippen molar-refractivity contribution < 1.29 is 18.4 Å². The van der Waals surface area contributed by atoms with E-state index in [-0.39, 0.29) is 23.6 Å². The molecular formula is C25H28FN3O3. The van der Waals surface area contributed by atoms with E-state index in [0.29, 0.717) is 31.3 Å². The molecule has 1 saturated carbocycles. The number of nitrogens with zero attached hydrogens (tertiary/aromatic N) is 2. The number of carbonyl (C=O) groups is 1. The van der Waals surface area contributed by atoms with Crippen molar-refractivity contribution in [1.82, 2.24) is 15.5 Å². The Morgan fingerprint density at radius 3 is 2.53 bits per heavy atom. The van der Waals surface area contributed by atoms with Crippen LogP contribution in [0.5, 0.6) is 5.75 Å². The van der Waals surface area contributed by atoms with Gasteiger partial charge in [-0.3, -0.25) is 4.79 Å². The van der Waals surface area contributed by atoms with Crippen molar-refractivity contribution in [2.45, 2.75) is 50.9 Å². The molecule has 1 aromatic heterocycles. The predicted molar refractivity (Wildman–Crippen MR) is 119 cm³/mol. The highest BCUT2D eigenvalue weighted by atomic mass is 19.1. The van der Waals surface area contributed by atoms with Crippen LogP contribution in [-0.4, -0.2) is 29.2 Å². The molecule has 1 fully saturated rings. The minimum absolute atomic E-state index is 0.0563. The highest BCUT2D eigenvalue weighted by Crippen LogP contribution is 2.40. The van der Waals surface area contributed by atoms with Gasteiger partial charge in [-0.2, -0.15) is 4.98 Å². The number of rotatable bonds is 9. The lowest BCUT2D eigenvalue weighted by Crippen LogP contribution is -2.39. The van der Waals surface area contributed by atoms with E-state index in [1.54, 1.807) is 0 Å². The van der Waals surface area contributed by atoms with Gasteiger partial charge in [0, 0.05) is 30.4 Å². The van der Waals surface area contributed by atoms with Crippen molar-refractivity contribution in [2.24, 2.45) is 0 Å². The monoisotopic (exact) mass is 437 g/mol. The summed E-state index contributed by atoms with van der Waals surface area (Å²) in [6.07, 6.45) is 4.86. The molecule has 0 atom stereocenters. The lowest BCUT2D eigenvalue weighted by Gasteiger charge is -2.30. The maximum atomic E-state index is 13.3. The maximum Gasteiger partial charge on any atom is 0.227 e. The molecule has 2 aromatic carbocycles. The fourth-order valence-corrected chi connectivity index (χ4v) is 4.34. The van der Waals surface area contributed by atoms with Crippen LogP contribution in [0.25, 0.3) is 11.4 Å². The molecule has 168 valence electrons. The van der Waals surface area contributed by atoms with Crippen LogP contribution in [0.4, 0.5) is 4.39 Å². The van der Waals surface area contributed by atoms with Crippen LogP contribution in [-0.2, 0) is 16.6 Å². The SMILES string of the molecule is CCOc1ccc(-c2noc(CCC(=O)NCC3(c4ccc(F)cc4)CCCC3)n2)cc1. The molecular weight excluding hydrogens is 409 g/mol. The Morgan fingerprint density at radius 1 is 1.12 bits per heavy atom. The standard InChI is InChI=1S/C25H28FN3O3/c1-2-31-21-11-5-18(6-12-21)24-28-23(32-29-24)14-13-22(30)27-17-25(15-3-4-16-25)19-7-9-20(26)10-8-19/h5-12H,2-4,13-17H2,1H3,(H,27,30). The maximum absolute atomic E-state index is 13.3. The molecule has 6 nitrogen and oxygen atoms in total. The molecule has 0 spiro atoms. The second-order valence-electron chi connectivity index (χ2n) is 8.24. The summed E-state index contributed by atoms with van der Waals surface area (Å²) in [5.74, 6) is 1.41. The minimum Gasteiger partial charge on any atom is -0.494 e. The third-order valence-corrected chi connectivity index (χ3v) is 6.10. The molecule has 0 saturated heterocycles. The van der Waals surface area contributed by atoms with E-state index in [0.717, 1.165) is 42.6 Å². The number of hydrogen-bond donors (Lipinski definition) is 1. The molecule has 0 bridgehead atoms. The molecule has 0 aliphatic heterocycles. The minimum atomic E-state index is -0.241. The van der Waals surface area contributed by atoms with Gasteiger partial charge >= 0.3 is 0 Å². The topological polar surface area (TPSA) is 77.2 Å². The first-order chi connectivity index (χ1) is 15.6. The first-order valence-electron chi connectivity index (χ1n) is 11.2. The van der Waals surface area contributed by atoms with Crippen molar-refractivity contribution in [3.63, 3.8) is 0 Å². The zero-order valence-electron chi connectivity index (χ0n) is 18.3. The molecule has 1 aliphatic rings. The van der Waals surface area contributed by atoms with Crippen LogP contribution in [0.3, 0.4) is 0 Å². The molecule has 1 N–H and O–H groups in total. The summed E-state index contributed by atoms with van der Waals surface area (Å²) in [6, 6.07) is 14.2. The Kier molecular flexibility index (Phi) is 6.83. The highest BCUT2D eigenvalue weighted by Gasteiger charge is 2.35. The third kappa shape index (κ3) is 5.15. The van der Waals surface area contributed by atoms with Gasteiger partial charge in [-0.25, -0.2) is 4.39 Å². The fourth-order valence-electron chi connectivity index (χ4n) is 4.34. The van der Waals surface area contributed by atoms with Crippen LogP contribution in [0.2, 0.25) is 0 Å². The average Bonchev–Trinajstić information content (AvgIpc) is 3.48. The molecule has 7 heteroatoms. The van der Waals surface area contributed by atoms with Crippen LogP contribution in [0.1, 0.15) is 50.5 Å². The van der Waals surface area contributed by atoms with Crippen LogP contribution in [0.15, 0.2) is 53.1 Å². The Hall–Kier alpha value is -3.22. The van der Waals surface area contributed by atoms with Gasteiger partial charge in [0.1, 0.15) is 11.6 Å². The van der Waals surface area contributed by atoms with E-state index in [1.807, 2.05) is 43.3 Å². The van der Waals surface area contributed by atoms with Gasteiger partial charge in [0.2, 0.25) is 17.6 Å². The van der Waals surface area contributed by atoms with Crippen molar-refractivity contribution in [2.75, 3.05) is 13.2 Å². The van der Waals surface area contributed by atoms with Gasteiger partial charge < -0.3 is 14.6 Å². The molecule has 3 aromatic rings. The Labute approximate surface area is 187 Å². The Morgan fingerprint density at radius 2 is 1.84 bits per heavy atom. The average molecular weight is 438 g/mol. The number of halogens is 1. The Bertz CT molecular complexity index is 1030. The summed E-state index contributed by atoms with van der Waals surface area (Å²) in [5, 5.41) is 7.09. The second kappa shape index (κ2) is 9.94. The van der Waals surface area contributed by atoms with Crippen LogP contribution in [0, 0.1) is 5.82 Å². The van der Waals surface area contributed by atoms with Crippen molar-refractivity contribution in [1.29, 1.82) is 0 Å². The number of aromatic nitrogens is 2. The van der Waals surface area contributed by atoms with Crippen LogP contribution < -0.4 is 10.1 Å². The summed E-state index contributed by atoms with van der Waals surface area (Å²) >= 11 is 0. The molecule has 0 unspecified atom stereocenters. The first kappa shape index (κ1) is 22.0. The van der Waals surface area contributed by atoms with Gasteiger partial charge in [-0.05, 0) is 61.7 Å². The number of amides is 1. The van der Waals surface area contributed by atoms with E-state index in [1.165, 1.54) is 12.1 Å². The summed E-state index contributed by atoms with van der Waals surface area (Å²) in [4.78, 5) is 16.9. The normalized spacial score (nSPS) is 14.9. The Balaban J connectivity index is 1.31. The van der Waals surface area contributed by atoms with Gasteiger partial charge in [0.05, 0.1) is 6.61 Å². The largest absolute Gasteiger partial charge is 0.494 e. The highest BCUT2D eigenvalue weighted by molar-refractivity contribution is 5.76. The van der Waals surface area contributed by atoms with Gasteiger partial charge in [0.15, 0.2) is 0 Å². The van der Waals surface area contributed by atoms with Crippen molar-refractivity contribution in [3.8, 4) is 17.1 Å². The van der Waals surface area contributed by atoms with Crippen molar-refractivity contribution >= 4 is 5.91 Å². The number of hydrogen-bond acceptors (Lipinski definition) is 5. The lowest BCUT2D eigenvalue weighted by molar-refractivity contribution is -0.121.